The van der Waals surface area contributed by atoms with Gasteiger partial charge in [0, 0.05) is 0 Å². The summed E-state index contributed by atoms with van der Waals surface area (Å²) in [5.74, 6) is 3.40. The van der Waals surface area contributed by atoms with Crippen LogP contribution >= 0.6 is 0 Å². The Morgan fingerprint density at radius 1 is 1.62 bits per heavy atom. The Morgan fingerprint density at radius 2 is 2.33 bits per heavy atom. The fraction of sp³-hybridized carbons (Fsp3) is 0.545. The highest BCUT2D eigenvalue weighted by atomic mass is 19.1. The van der Waals surface area contributed by atoms with Crippen LogP contribution in [0.3, 0.4) is 0 Å². The molecule has 2 heterocycles. The minimum atomic E-state index is -2.80. The lowest BCUT2D eigenvalue weighted by Crippen LogP contribution is -2.44. The molecule has 1 aliphatic rings. The Kier molecular flexibility index (Phi) is 4.17. The molecule has 2 rings (SSSR count). The zero-order valence-corrected chi connectivity index (χ0v) is 10.6. The van der Waals surface area contributed by atoms with E-state index in [4.69, 9.17) is 15.6 Å². The van der Waals surface area contributed by atoms with Crippen LogP contribution in [0.15, 0.2) is 11.1 Å². The van der Waals surface area contributed by atoms with Crippen LogP contribution in [-0.4, -0.2) is 55.9 Å². The van der Waals surface area contributed by atoms with Crippen molar-refractivity contribution in [1.29, 1.82) is 0 Å². The number of nitrogens with zero attached hydrogens (tertiary/aromatic N) is 3. The highest BCUT2D eigenvalue weighted by Crippen LogP contribution is 2.40. The Hall–Kier alpha value is -2.09. The Morgan fingerprint density at radius 3 is 2.90 bits per heavy atom. The number of anilines is 1. The van der Waals surface area contributed by atoms with Crippen molar-refractivity contribution in [2.24, 2.45) is 0 Å². The van der Waals surface area contributed by atoms with Gasteiger partial charge in [0.1, 0.15) is 25.2 Å². The summed E-state index contributed by atoms with van der Waals surface area (Å²) in [6.07, 6.45) is -4.08. The monoisotopic (exact) mass is 302 g/mol. The molecule has 0 saturated carbocycles. The minimum Gasteiger partial charge on any atom is -0.394 e. The smallest absolute Gasteiger partial charge is 0.354 e. The molecule has 10 heteroatoms. The van der Waals surface area contributed by atoms with Gasteiger partial charge in [-0.2, -0.15) is 4.98 Å². The molecule has 0 bridgehead atoms. The number of hydrogen-bond donors (Lipinski definition) is 3. The molecular weight excluding hydrogens is 290 g/mol. The van der Waals surface area contributed by atoms with E-state index in [0.29, 0.717) is 4.57 Å². The first-order chi connectivity index (χ1) is 9.93. The highest BCUT2D eigenvalue weighted by molar-refractivity contribution is 5.23. The average molecular weight is 302 g/mol. The number of nitrogens with two attached hydrogens (primary N) is 1. The third-order valence-corrected chi connectivity index (χ3v) is 2.97. The Balaban J connectivity index is 2.51. The Labute approximate surface area is 117 Å². The number of ether oxygens (including phenoxy) is 1. The van der Waals surface area contributed by atoms with E-state index in [-0.39, 0.29) is 5.95 Å². The number of nitrogen functional groups attached to an aromatic ring is 1. The standard InChI is InChI=1S/C11H12F2N4O4/c12-3-1-2-11(13)7(19)6(4-18)21-8(11)17-5-15-9(14)16-10(17)20/h5-8,18-19H,3-4H2,(H2,14,16,20)/t6-,7?,8-,11-/m1/s1. The van der Waals surface area contributed by atoms with Crippen LogP contribution in [0, 0.1) is 11.8 Å². The van der Waals surface area contributed by atoms with Crippen LogP contribution in [0.4, 0.5) is 14.7 Å². The molecule has 1 saturated heterocycles. The molecule has 4 atom stereocenters. The van der Waals surface area contributed by atoms with Crippen molar-refractivity contribution in [3.63, 3.8) is 0 Å². The normalized spacial score (nSPS) is 31.7. The second kappa shape index (κ2) is 5.72. The first-order valence-corrected chi connectivity index (χ1v) is 5.84. The molecule has 21 heavy (non-hydrogen) atoms. The molecule has 1 aromatic heterocycles. The van der Waals surface area contributed by atoms with Gasteiger partial charge < -0.3 is 20.7 Å². The second-order valence-corrected chi connectivity index (χ2v) is 4.26. The number of rotatable bonds is 2. The third-order valence-electron chi connectivity index (χ3n) is 2.97. The first-order valence-electron chi connectivity index (χ1n) is 5.84. The third kappa shape index (κ3) is 2.58. The molecule has 114 valence electrons. The predicted molar refractivity (Wildman–Crippen MR) is 65.3 cm³/mol. The van der Waals surface area contributed by atoms with Gasteiger partial charge in [0.05, 0.1) is 6.61 Å². The average Bonchev–Trinajstić information content (AvgIpc) is 2.70. The maximum atomic E-state index is 14.9. The molecule has 0 aromatic carbocycles. The number of halogens is 2. The molecule has 4 N–H and O–H groups in total. The molecule has 0 spiro atoms. The number of aromatic nitrogens is 3. The van der Waals surface area contributed by atoms with Gasteiger partial charge in [0.25, 0.3) is 0 Å². The molecule has 1 unspecified atom stereocenters. The van der Waals surface area contributed by atoms with Gasteiger partial charge in [-0.05, 0) is 0 Å². The molecule has 1 aromatic rings. The van der Waals surface area contributed by atoms with E-state index in [1.54, 1.807) is 0 Å². The zero-order chi connectivity index (χ0) is 15.6. The summed E-state index contributed by atoms with van der Waals surface area (Å²) in [6.45, 7) is -1.87. The second-order valence-electron chi connectivity index (χ2n) is 4.26. The minimum absolute atomic E-state index is 0.326. The predicted octanol–water partition coefficient (Wildman–Crippen LogP) is -1.85. The lowest BCUT2D eigenvalue weighted by Gasteiger charge is -2.23. The summed E-state index contributed by atoms with van der Waals surface area (Å²) in [4.78, 5) is 18.5. The number of aliphatic hydroxyl groups excluding tert-OH is 2. The van der Waals surface area contributed by atoms with E-state index in [1.165, 1.54) is 0 Å². The maximum Gasteiger partial charge on any atom is 0.354 e. The maximum absolute atomic E-state index is 14.9. The van der Waals surface area contributed by atoms with Crippen LogP contribution < -0.4 is 11.4 Å². The Bertz CT molecular complexity index is 643. The zero-order valence-electron chi connectivity index (χ0n) is 10.6. The molecule has 8 nitrogen and oxygen atoms in total. The summed E-state index contributed by atoms with van der Waals surface area (Å²) >= 11 is 0. The van der Waals surface area contributed by atoms with E-state index in [9.17, 15) is 18.7 Å². The molecule has 0 aliphatic carbocycles. The summed E-state index contributed by atoms with van der Waals surface area (Å²) in [5.41, 5.74) is 1.43. The van der Waals surface area contributed by atoms with Gasteiger partial charge in [-0.25, -0.2) is 18.6 Å². The summed E-state index contributed by atoms with van der Waals surface area (Å²) in [5, 5.41) is 18.9. The highest BCUT2D eigenvalue weighted by Gasteiger charge is 2.57. The van der Waals surface area contributed by atoms with E-state index < -0.39 is 43.1 Å². The van der Waals surface area contributed by atoms with Crippen molar-refractivity contribution in [3.05, 3.63) is 16.8 Å². The van der Waals surface area contributed by atoms with Gasteiger partial charge in [0.2, 0.25) is 11.6 Å². The van der Waals surface area contributed by atoms with Gasteiger partial charge in [-0.15, -0.1) is 0 Å². The summed E-state index contributed by atoms with van der Waals surface area (Å²) in [6, 6.07) is 0. The molecule has 1 aliphatic heterocycles. The largest absolute Gasteiger partial charge is 0.394 e. The van der Waals surface area contributed by atoms with E-state index >= 15 is 0 Å². The van der Waals surface area contributed by atoms with Crippen LogP contribution in [0.25, 0.3) is 0 Å². The van der Waals surface area contributed by atoms with E-state index in [2.05, 4.69) is 9.97 Å². The number of alkyl halides is 2. The topological polar surface area (TPSA) is 123 Å². The van der Waals surface area contributed by atoms with Crippen molar-refractivity contribution < 1.29 is 23.7 Å². The SMILES string of the molecule is Nc1ncn([C@@H]2O[C@H](CO)C(O)[C@]2(F)C#CCF)c(=O)n1. The van der Waals surface area contributed by atoms with Gasteiger partial charge in [-0.1, -0.05) is 11.8 Å². The van der Waals surface area contributed by atoms with Crippen molar-refractivity contribution in [2.45, 2.75) is 24.1 Å². The van der Waals surface area contributed by atoms with Crippen molar-refractivity contribution >= 4 is 5.95 Å². The molecule has 0 radical (unpaired) electrons. The van der Waals surface area contributed by atoms with Gasteiger partial charge >= 0.3 is 5.69 Å². The van der Waals surface area contributed by atoms with Crippen LogP contribution in [0.5, 0.6) is 0 Å². The lowest BCUT2D eigenvalue weighted by molar-refractivity contribution is -0.0547. The molecule has 0 amide bonds. The van der Waals surface area contributed by atoms with Crippen molar-refractivity contribution in [2.75, 3.05) is 19.0 Å². The van der Waals surface area contributed by atoms with Crippen LogP contribution in [0.2, 0.25) is 0 Å². The van der Waals surface area contributed by atoms with Gasteiger partial charge in [-0.3, -0.25) is 4.57 Å². The van der Waals surface area contributed by atoms with Gasteiger partial charge in [0.15, 0.2) is 6.23 Å². The quantitative estimate of drug-likeness (QED) is 0.548. The van der Waals surface area contributed by atoms with E-state index in [0.717, 1.165) is 6.33 Å². The number of aliphatic hydroxyl groups is 2. The lowest BCUT2D eigenvalue weighted by atomic mass is 9.96. The van der Waals surface area contributed by atoms with Crippen LogP contribution in [-0.2, 0) is 4.74 Å². The van der Waals surface area contributed by atoms with E-state index in [1.807, 2.05) is 11.8 Å². The first kappa shape index (κ1) is 15.3. The fourth-order valence-corrected chi connectivity index (χ4v) is 1.99. The summed E-state index contributed by atoms with van der Waals surface area (Å²) < 4.78 is 32.8. The van der Waals surface area contributed by atoms with Crippen molar-refractivity contribution in [3.8, 4) is 11.8 Å². The molecule has 1 fully saturated rings. The molecular formula is C11H12F2N4O4. The van der Waals surface area contributed by atoms with Crippen LogP contribution in [0.1, 0.15) is 6.23 Å². The number of hydrogen-bond acceptors (Lipinski definition) is 7. The fourth-order valence-electron chi connectivity index (χ4n) is 1.99. The van der Waals surface area contributed by atoms with Crippen molar-refractivity contribution in [1.82, 2.24) is 14.5 Å². The summed E-state index contributed by atoms with van der Waals surface area (Å²) in [7, 11) is 0.